The minimum Gasteiger partial charge on any atom is -0.342 e. The van der Waals surface area contributed by atoms with E-state index in [2.05, 4.69) is 10.2 Å². The van der Waals surface area contributed by atoms with Crippen molar-refractivity contribution in [2.75, 3.05) is 19.6 Å². The lowest BCUT2D eigenvalue weighted by Gasteiger charge is -2.31. The molecule has 2 amide bonds. The Kier molecular flexibility index (Phi) is 5.50. The number of nitrogens with zero attached hydrogens (tertiary/aromatic N) is 2. The Hall–Kier alpha value is -2.88. The van der Waals surface area contributed by atoms with Crippen LogP contribution in [-0.2, 0) is 0 Å². The summed E-state index contributed by atoms with van der Waals surface area (Å²) < 4.78 is 37.8. The van der Waals surface area contributed by atoms with Gasteiger partial charge in [0.25, 0.3) is 11.8 Å². The Morgan fingerprint density at radius 3 is 2.63 bits per heavy atom. The third-order valence-electron chi connectivity index (χ3n) is 5.14. The second kappa shape index (κ2) is 8.10. The normalized spacial score (nSPS) is 15.5. The summed E-state index contributed by atoms with van der Waals surface area (Å²) in [6, 6.07) is 11.3. The van der Waals surface area contributed by atoms with E-state index in [1.165, 1.54) is 17.4 Å². The number of benzene rings is 1. The number of alkyl halides is 3. The number of carbonyl (C=O) groups is 2. The zero-order valence-corrected chi connectivity index (χ0v) is 16.6. The van der Waals surface area contributed by atoms with Gasteiger partial charge in [0.1, 0.15) is 12.2 Å². The zero-order valence-electron chi connectivity index (χ0n) is 15.8. The average molecular weight is 436 g/mol. The molecule has 0 saturated carbocycles. The Morgan fingerprint density at radius 1 is 1.20 bits per heavy atom. The summed E-state index contributed by atoms with van der Waals surface area (Å²) in [6.07, 6.45) is -3.10. The molecular weight excluding hydrogens is 417 g/mol. The van der Waals surface area contributed by atoms with Gasteiger partial charge in [-0.05, 0) is 36.4 Å². The van der Waals surface area contributed by atoms with E-state index < -0.39 is 18.6 Å². The maximum Gasteiger partial charge on any atom is 0.405 e. The smallest absolute Gasteiger partial charge is 0.342 e. The van der Waals surface area contributed by atoms with Crippen LogP contribution in [0, 0.1) is 0 Å². The van der Waals surface area contributed by atoms with Crippen LogP contribution in [0.3, 0.4) is 0 Å². The van der Waals surface area contributed by atoms with E-state index in [9.17, 15) is 22.8 Å². The standard InChI is InChI=1S/C20H19F3N4O2S/c21-20(22,23)11-24-18(28)15-10-14(25-26-15)12-5-7-27(8-6-12)19(29)17-9-13-3-1-2-4-16(13)30-17/h1-4,9-10,12H,5-8,11H2,(H,24,28)(H,25,26). The van der Waals surface area contributed by atoms with Crippen LogP contribution in [0.15, 0.2) is 36.4 Å². The van der Waals surface area contributed by atoms with E-state index in [0.29, 0.717) is 36.5 Å². The minimum atomic E-state index is -4.47. The number of nitrogens with one attached hydrogen (secondary N) is 2. The summed E-state index contributed by atoms with van der Waals surface area (Å²) in [5, 5.41) is 9.45. The lowest BCUT2D eigenvalue weighted by molar-refractivity contribution is -0.123. The number of halogens is 3. The van der Waals surface area contributed by atoms with Gasteiger partial charge >= 0.3 is 6.18 Å². The Bertz CT molecular complexity index is 1030. The number of likely N-dealkylation sites (tertiary alicyclic amines) is 1. The molecule has 1 fully saturated rings. The maximum absolute atomic E-state index is 12.8. The van der Waals surface area contributed by atoms with Crippen molar-refractivity contribution < 1.29 is 22.8 Å². The van der Waals surface area contributed by atoms with Crippen molar-refractivity contribution in [3.05, 3.63) is 52.7 Å². The number of aromatic nitrogens is 2. The van der Waals surface area contributed by atoms with Crippen LogP contribution >= 0.6 is 11.3 Å². The number of H-pyrrole nitrogens is 1. The number of amides is 2. The largest absolute Gasteiger partial charge is 0.405 e. The molecule has 1 aliphatic heterocycles. The van der Waals surface area contributed by atoms with Crippen LogP contribution in [-0.4, -0.2) is 52.7 Å². The molecule has 1 aliphatic rings. The van der Waals surface area contributed by atoms with Crippen molar-refractivity contribution in [3.8, 4) is 0 Å². The molecule has 0 spiro atoms. The van der Waals surface area contributed by atoms with Crippen molar-refractivity contribution in [1.82, 2.24) is 20.4 Å². The maximum atomic E-state index is 12.8. The Labute approximate surface area is 174 Å². The third-order valence-corrected chi connectivity index (χ3v) is 6.24. The van der Waals surface area contributed by atoms with Crippen molar-refractivity contribution in [2.45, 2.75) is 24.9 Å². The molecule has 2 N–H and O–H groups in total. The molecule has 4 rings (SSSR count). The van der Waals surface area contributed by atoms with E-state index in [0.717, 1.165) is 10.1 Å². The van der Waals surface area contributed by atoms with Gasteiger partial charge in [0.15, 0.2) is 0 Å². The number of hydrogen-bond acceptors (Lipinski definition) is 4. The molecule has 3 aromatic rings. The molecule has 0 aliphatic carbocycles. The zero-order chi connectivity index (χ0) is 21.3. The summed E-state index contributed by atoms with van der Waals surface area (Å²) in [6.45, 7) is -0.273. The topological polar surface area (TPSA) is 78.1 Å². The van der Waals surface area contributed by atoms with Gasteiger partial charge in [-0.1, -0.05) is 18.2 Å². The number of carbonyl (C=O) groups excluding carboxylic acids is 2. The molecule has 0 radical (unpaired) electrons. The number of hydrogen-bond donors (Lipinski definition) is 2. The van der Waals surface area contributed by atoms with E-state index in [-0.39, 0.29) is 17.5 Å². The van der Waals surface area contributed by atoms with E-state index in [1.807, 2.05) is 40.5 Å². The number of fused-ring (bicyclic) bond motifs is 1. The number of aromatic amines is 1. The summed E-state index contributed by atoms with van der Waals surface area (Å²) in [5.74, 6) is -0.799. The van der Waals surface area contributed by atoms with Gasteiger partial charge in [-0.25, -0.2) is 0 Å². The molecular formula is C20H19F3N4O2S. The first-order valence-corrected chi connectivity index (χ1v) is 10.3. The fraction of sp³-hybridized carbons (Fsp3) is 0.350. The lowest BCUT2D eigenvalue weighted by atomic mass is 9.93. The second-order valence-corrected chi connectivity index (χ2v) is 8.31. The second-order valence-electron chi connectivity index (χ2n) is 7.22. The van der Waals surface area contributed by atoms with E-state index >= 15 is 0 Å². The quantitative estimate of drug-likeness (QED) is 0.651. The summed E-state index contributed by atoms with van der Waals surface area (Å²) in [5.41, 5.74) is 0.624. The van der Waals surface area contributed by atoms with E-state index in [4.69, 9.17) is 0 Å². The molecule has 1 saturated heterocycles. The highest BCUT2D eigenvalue weighted by Crippen LogP contribution is 2.30. The Balaban J connectivity index is 1.35. The Morgan fingerprint density at radius 2 is 1.93 bits per heavy atom. The molecule has 0 bridgehead atoms. The minimum absolute atomic E-state index is 0.00600. The van der Waals surface area contributed by atoms with Crippen LogP contribution in [0.1, 0.15) is 44.6 Å². The SMILES string of the molecule is O=C(NCC(F)(F)F)c1cc(C2CCN(C(=O)c3cc4ccccc4s3)CC2)[nH]n1. The summed E-state index contributed by atoms with van der Waals surface area (Å²) in [4.78, 5) is 27.2. The predicted molar refractivity (Wildman–Crippen MR) is 107 cm³/mol. The van der Waals surface area contributed by atoms with Crippen molar-refractivity contribution >= 4 is 33.2 Å². The van der Waals surface area contributed by atoms with Crippen molar-refractivity contribution in [2.24, 2.45) is 0 Å². The molecule has 158 valence electrons. The van der Waals surface area contributed by atoms with Gasteiger partial charge in [0, 0.05) is 29.4 Å². The molecule has 0 atom stereocenters. The molecule has 6 nitrogen and oxygen atoms in total. The van der Waals surface area contributed by atoms with E-state index in [1.54, 1.807) is 0 Å². The first kappa shape index (κ1) is 20.4. The third kappa shape index (κ3) is 4.48. The first-order chi connectivity index (χ1) is 14.3. The average Bonchev–Trinajstić information content (AvgIpc) is 3.38. The van der Waals surface area contributed by atoms with Gasteiger partial charge in [-0.15, -0.1) is 11.3 Å². The van der Waals surface area contributed by atoms with Crippen molar-refractivity contribution in [3.63, 3.8) is 0 Å². The molecule has 1 aromatic carbocycles. The molecule has 3 heterocycles. The monoisotopic (exact) mass is 436 g/mol. The van der Waals surface area contributed by atoms with Crippen LogP contribution in [0.25, 0.3) is 10.1 Å². The van der Waals surface area contributed by atoms with Gasteiger partial charge in [0.2, 0.25) is 0 Å². The first-order valence-electron chi connectivity index (χ1n) is 9.48. The fourth-order valence-electron chi connectivity index (χ4n) is 3.57. The van der Waals surface area contributed by atoms with Crippen LogP contribution < -0.4 is 5.32 Å². The highest BCUT2D eigenvalue weighted by molar-refractivity contribution is 7.20. The van der Waals surface area contributed by atoms with Gasteiger partial charge < -0.3 is 10.2 Å². The number of rotatable bonds is 4. The van der Waals surface area contributed by atoms with Crippen LogP contribution in [0.5, 0.6) is 0 Å². The number of thiophene rings is 1. The highest BCUT2D eigenvalue weighted by atomic mass is 32.1. The molecule has 2 aromatic heterocycles. The fourth-order valence-corrected chi connectivity index (χ4v) is 4.60. The predicted octanol–water partition coefficient (Wildman–Crippen LogP) is 3.94. The van der Waals surface area contributed by atoms with Gasteiger partial charge in [-0.2, -0.15) is 18.3 Å². The molecule has 30 heavy (non-hydrogen) atoms. The lowest BCUT2D eigenvalue weighted by Crippen LogP contribution is -2.37. The highest BCUT2D eigenvalue weighted by Gasteiger charge is 2.30. The molecule has 10 heteroatoms. The van der Waals surface area contributed by atoms with Crippen molar-refractivity contribution in [1.29, 1.82) is 0 Å². The summed E-state index contributed by atoms with van der Waals surface area (Å²) in [7, 11) is 0. The number of piperidine rings is 1. The summed E-state index contributed by atoms with van der Waals surface area (Å²) >= 11 is 1.48. The van der Waals surface area contributed by atoms with Gasteiger partial charge in [0.05, 0.1) is 4.88 Å². The van der Waals surface area contributed by atoms with Crippen LogP contribution in [0.4, 0.5) is 13.2 Å². The van der Waals surface area contributed by atoms with Gasteiger partial charge in [-0.3, -0.25) is 14.7 Å². The van der Waals surface area contributed by atoms with Crippen LogP contribution in [0.2, 0.25) is 0 Å². The molecule has 0 unspecified atom stereocenters.